The Kier molecular flexibility index (Phi) is 3.31. The van der Waals surface area contributed by atoms with Gasteiger partial charge in [-0.1, -0.05) is 34.8 Å². The van der Waals surface area contributed by atoms with Gasteiger partial charge in [-0.05, 0) is 29.8 Å². The molecule has 0 spiro atoms. The summed E-state index contributed by atoms with van der Waals surface area (Å²) in [6.45, 7) is 0. The summed E-state index contributed by atoms with van der Waals surface area (Å²) in [4.78, 5) is 8.42. The second kappa shape index (κ2) is 4.84. The van der Waals surface area contributed by atoms with Crippen LogP contribution in [0.4, 0.5) is 0 Å². The molecule has 2 heterocycles. The molecule has 0 amide bonds. The van der Waals surface area contributed by atoms with Crippen LogP contribution in [0.1, 0.15) is 0 Å². The van der Waals surface area contributed by atoms with Crippen molar-refractivity contribution in [2.75, 3.05) is 0 Å². The lowest BCUT2D eigenvalue weighted by Gasteiger charge is -2.06. The van der Waals surface area contributed by atoms with E-state index >= 15 is 0 Å². The maximum Gasteiger partial charge on any atom is 0.210 e. The third-order valence-corrected chi connectivity index (χ3v) is 3.68. The number of benzene rings is 1. The zero-order chi connectivity index (χ0) is 13.6. The first-order valence-electron chi connectivity index (χ1n) is 5.21. The number of fused-ring (bicyclic) bond motifs is 1. The normalized spacial score (nSPS) is 11.2. The molecule has 0 aliphatic heterocycles. The summed E-state index contributed by atoms with van der Waals surface area (Å²) in [6.07, 6.45) is 1.51. The molecule has 1 aromatic carbocycles. The lowest BCUT2D eigenvalue weighted by Crippen LogP contribution is -1.94. The minimum absolute atomic E-state index is 0.223. The highest BCUT2D eigenvalue weighted by Gasteiger charge is 2.12. The zero-order valence-corrected chi connectivity index (χ0v) is 12.3. The fraction of sp³-hybridized carbons (Fsp3) is 0. The fourth-order valence-electron chi connectivity index (χ4n) is 1.77. The maximum atomic E-state index is 6.15. The Hall–Kier alpha value is -1.00. The van der Waals surface area contributed by atoms with Gasteiger partial charge in [0.15, 0.2) is 0 Å². The van der Waals surface area contributed by atoms with Crippen LogP contribution in [0.25, 0.3) is 16.9 Å². The standard InChI is InChI=1S/C12H5Cl4N3/c13-6-1-2-7(8(14)3-6)9-4-11-17-5-10(15)19(11)12(16)18-9/h1-5H. The van der Waals surface area contributed by atoms with Crippen molar-refractivity contribution in [3.05, 3.63) is 50.9 Å². The first kappa shape index (κ1) is 13.0. The molecule has 0 bridgehead atoms. The summed E-state index contributed by atoms with van der Waals surface area (Å²) in [7, 11) is 0. The van der Waals surface area contributed by atoms with E-state index in [0.29, 0.717) is 26.5 Å². The zero-order valence-electron chi connectivity index (χ0n) is 9.24. The van der Waals surface area contributed by atoms with E-state index < -0.39 is 0 Å². The highest BCUT2D eigenvalue weighted by atomic mass is 35.5. The number of rotatable bonds is 1. The van der Waals surface area contributed by atoms with Gasteiger partial charge in [-0.3, -0.25) is 4.40 Å². The minimum atomic E-state index is 0.223. The van der Waals surface area contributed by atoms with Gasteiger partial charge >= 0.3 is 0 Å². The van der Waals surface area contributed by atoms with E-state index in [1.807, 2.05) is 0 Å². The molecule has 2 aromatic heterocycles. The Balaban J connectivity index is 2.25. The number of halogens is 4. The number of nitrogens with zero attached hydrogens (tertiary/aromatic N) is 3. The first-order valence-corrected chi connectivity index (χ1v) is 6.72. The lowest BCUT2D eigenvalue weighted by molar-refractivity contribution is 1.09. The van der Waals surface area contributed by atoms with Crippen molar-refractivity contribution in [2.45, 2.75) is 0 Å². The van der Waals surface area contributed by atoms with Crippen LogP contribution in [0.3, 0.4) is 0 Å². The molecular weight excluding hydrogens is 328 g/mol. The highest BCUT2D eigenvalue weighted by Crippen LogP contribution is 2.31. The quantitative estimate of drug-likeness (QED) is 0.586. The number of aromatic nitrogens is 3. The first-order chi connectivity index (χ1) is 9.06. The van der Waals surface area contributed by atoms with Crippen LogP contribution in [0.5, 0.6) is 0 Å². The molecule has 0 fully saturated rings. The van der Waals surface area contributed by atoms with E-state index in [1.165, 1.54) is 10.6 Å². The molecule has 0 N–H and O–H groups in total. The predicted molar refractivity (Wildman–Crippen MR) is 78.5 cm³/mol. The molecule has 0 unspecified atom stereocenters. The minimum Gasteiger partial charge on any atom is -0.257 e. The summed E-state index contributed by atoms with van der Waals surface area (Å²) in [6, 6.07) is 6.93. The van der Waals surface area contributed by atoms with Gasteiger partial charge in [0.25, 0.3) is 0 Å². The summed E-state index contributed by atoms with van der Waals surface area (Å²) < 4.78 is 1.54. The number of hydrogen-bond donors (Lipinski definition) is 0. The van der Waals surface area contributed by atoms with Crippen molar-refractivity contribution in [1.29, 1.82) is 0 Å². The largest absolute Gasteiger partial charge is 0.257 e. The average Bonchev–Trinajstić information content (AvgIpc) is 2.71. The van der Waals surface area contributed by atoms with Crippen molar-refractivity contribution in [1.82, 2.24) is 14.4 Å². The van der Waals surface area contributed by atoms with Crippen molar-refractivity contribution in [3.63, 3.8) is 0 Å². The molecule has 0 radical (unpaired) electrons. The van der Waals surface area contributed by atoms with E-state index in [0.717, 1.165) is 5.56 Å². The van der Waals surface area contributed by atoms with Crippen molar-refractivity contribution in [3.8, 4) is 11.3 Å². The average molecular weight is 333 g/mol. The van der Waals surface area contributed by atoms with Crippen molar-refractivity contribution >= 4 is 52.1 Å². The van der Waals surface area contributed by atoms with Crippen molar-refractivity contribution < 1.29 is 0 Å². The van der Waals surface area contributed by atoms with E-state index in [2.05, 4.69) is 9.97 Å². The second-order valence-corrected chi connectivity index (χ2v) is 5.38. The molecule has 96 valence electrons. The Morgan fingerprint density at radius 1 is 1.00 bits per heavy atom. The summed E-state index contributed by atoms with van der Waals surface area (Å²) in [5.41, 5.74) is 1.95. The molecular formula is C12H5Cl4N3. The summed E-state index contributed by atoms with van der Waals surface area (Å²) in [5, 5.41) is 1.69. The molecule has 7 heteroatoms. The van der Waals surface area contributed by atoms with Crippen LogP contribution >= 0.6 is 46.4 Å². The second-order valence-electron chi connectivity index (χ2n) is 3.81. The SMILES string of the molecule is Clc1ccc(-c2cc3ncc(Cl)n3c(Cl)n2)c(Cl)c1. The topological polar surface area (TPSA) is 30.2 Å². The molecule has 19 heavy (non-hydrogen) atoms. The van der Waals surface area contributed by atoms with Gasteiger partial charge in [0.1, 0.15) is 10.8 Å². The monoisotopic (exact) mass is 331 g/mol. The molecule has 0 saturated heterocycles. The van der Waals surface area contributed by atoms with Crippen LogP contribution in [0.15, 0.2) is 30.5 Å². The van der Waals surface area contributed by atoms with E-state index in [1.54, 1.807) is 24.3 Å². The molecule has 3 nitrogen and oxygen atoms in total. The maximum absolute atomic E-state index is 6.15. The van der Waals surface area contributed by atoms with Crippen LogP contribution in [-0.2, 0) is 0 Å². The number of imidazole rings is 1. The van der Waals surface area contributed by atoms with E-state index in [-0.39, 0.29) is 5.28 Å². The molecule has 0 aliphatic carbocycles. The van der Waals surface area contributed by atoms with Crippen LogP contribution in [0.2, 0.25) is 20.5 Å². The van der Waals surface area contributed by atoms with Gasteiger partial charge in [0, 0.05) is 16.7 Å². The summed E-state index contributed by atoms with van der Waals surface area (Å²) >= 11 is 24.1. The van der Waals surface area contributed by atoms with Gasteiger partial charge in [0.05, 0.1) is 16.9 Å². The smallest absolute Gasteiger partial charge is 0.210 e. The van der Waals surface area contributed by atoms with Gasteiger partial charge < -0.3 is 0 Å². The Morgan fingerprint density at radius 3 is 2.53 bits per heavy atom. The van der Waals surface area contributed by atoms with Crippen molar-refractivity contribution in [2.24, 2.45) is 0 Å². The third-order valence-electron chi connectivity index (χ3n) is 2.62. The Labute approximate surface area is 128 Å². The fourth-order valence-corrected chi connectivity index (χ4v) is 2.80. The Bertz CT molecular complexity index is 782. The van der Waals surface area contributed by atoms with Crippen LogP contribution in [-0.4, -0.2) is 14.4 Å². The van der Waals surface area contributed by atoms with Gasteiger partial charge in [-0.25, -0.2) is 9.97 Å². The molecule has 0 aliphatic rings. The van der Waals surface area contributed by atoms with E-state index in [4.69, 9.17) is 46.4 Å². The molecule has 0 saturated carbocycles. The van der Waals surface area contributed by atoms with Gasteiger partial charge in [0.2, 0.25) is 5.28 Å². The van der Waals surface area contributed by atoms with Crippen LogP contribution < -0.4 is 0 Å². The van der Waals surface area contributed by atoms with Gasteiger partial charge in [-0.15, -0.1) is 0 Å². The molecule has 3 rings (SSSR count). The van der Waals surface area contributed by atoms with Crippen LogP contribution in [0, 0.1) is 0 Å². The van der Waals surface area contributed by atoms with Gasteiger partial charge in [-0.2, -0.15) is 0 Å². The molecule has 0 atom stereocenters. The Morgan fingerprint density at radius 2 is 1.79 bits per heavy atom. The predicted octanol–water partition coefficient (Wildman–Crippen LogP) is 5.01. The van der Waals surface area contributed by atoms with E-state index in [9.17, 15) is 0 Å². The molecule has 3 aromatic rings. The number of hydrogen-bond acceptors (Lipinski definition) is 2. The third kappa shape index (κ3) is 2.28. The lowest BCUT2D eigenvalue weighted by atomic mass is 10.1. The highest BCUT2D eigenvalue weighted by molar-refractivity contribution is 6.36. The summed E-state index contributed by atoms with van der Waals surface area (Å²) in [5.74, 6) is 0.